The topological polar surface area (TPSA) is 3.24 Å². The molecule has 0 unspecified atom stereocenters. The van der Waals surface area contributed by atoms with E-state index in [1.54, 1.807) is 6.07 Å². The maximum absolute atomic E-state index is 15.5. The van der Waals surface area contributed by atoms with Crippen LogP contribution in [0, 0.1) is 5.82 Å². The molecule has 0 saturated heterocycles. The van der Waals surface area contributed by atoms with Crippen LogP contribution >= 0.6 is 0 Å². The third kappa shape index (κ3) is 5.10. The number of anilines is 3. The molecule has 0 aromatic heterocycles. The molecule has 1 nitrogen and oxygen atoms in total. The van der Waals surface area contributed by atoms with Crippen LogP contribution in [0.2, 0.25) is 0 Å². The van der Waals surface area contributed by atoms with Crippen LogP contribution in [-0.2, 0) is 0 Å². The third-order valence-corrected chi connectivity index (χ3v) is 9.73. The van der Waals surface area contributed by atoms with E-state index in [0.29, 0.717) is 5.69 Å². The summed E-state index contributed by atoms with van der Waals surface area (Å²) in [6, 6.07) is 66.9. The minimum absolute atomic E-state index is 0.273. The van der Waals surface area contributed by atoms with Crippen molar-refractivity contribution in [2.45, 2.75) is 0 Å². The average molecular weight is 642 g/mol. The van der Waals surface area contributed by atoms with Gasteiger partial charge < -0.3 is 4.90 Å². The van der Waals surface area contributed by atoms with Crippen molar-refractivity contribution in [3.63, 3.8) is 0 Å². The molecule has 0 aliphatic heterocycles. The summed E-state index contributed by atoms with van der Waals surface area (Å²) < 4.78 is 15.5. The van der Waals surface area contributed by atoms with E-state index in [4.69, 9.17) is 0 Å². The molecule has 9 aromatic carbocycles. The molecule has 9 aromatic rings. The summed E-state index contributed by atoms with van der Waals surface area (Å²) in [4.78, 5) is 1.99. The van der Waals surface area contributed by atoms with Crippen molar-refractivity contribution in [3.05, 3.63) is 200 Å². The van der Waals surface area contributed by atoms with Gasteiger partial charge in [0.25, 0.3) is 0 Å². The Morgan fingerprint density at radius 3 is 1.40 bits per heavy atom. The first-order valence-corrected chi connectivity index (χ1v) is 17.0. The van der Waals surface area contributed by atoms with Gasteiger partial charge in [-0.1, -0.05) is 158 Å². The van der Waals surface area contributed by atoms with E-state index in [1.165, 1.54) is 55.1 Å². The van der Waals surface area contributed by atoms with Crippen molar-refractivity contribution >= 4 is 49.4 Å². The number of rotatable bonds is 6. The quantitative estimate of drug-likeness (QED) is 0.163. The first kappa shape index (κ1) is 29.6. The Balaban J connectivity index is 1.20. The Morgan fingerprint density at radius 1 is 0.320 bits per heavy atom. The molecule has 0 amide bonds. The van der Waals surface area contributed by atoms with Crippen LogP contribution in [-0.4, -0.2) is 0 Å². The van der Waals surface area contributed by atoms with Gasteiger partial charge in [0.05, 0.1) is 5.69 Å². The van der Waals surface area contributed by atoms with E-state index >= 15 is 4.39 Å². The van der Waals surface area contributed by atoms with Crippen molar-refractivity contribution in [2.24, 2.45) is 0 Å². The molecule has 0 heterocycles. The molecule has 0 spiro atoms. The molecule has 0 N–H and O–H groups in total. The lowest BCUT2D eigenvalue weighted by molar-refractivity contribution is 0.629. The van der Waals surface area contributed by atoms with E-state index in [9.17, 15) is 0 Å². The summed E-state index contributed by atoms with van der Waals surface area (Å²) in [5.74, 6) is -0.273. The highest BCUT2D eigenvalue weighted by Crippen LogP contribution is 2.46. The van der Waals surface area contributed by atoms with Crippen LogP contribution in [0.15, 0.2) is 194 Å². The van der Waals surface area contributed by atoms with Gasteiger partial charge in [-0.05, 0) is 102 Å². The summed E-state index contributed by atoms with van der Waals surface area (Å²) >= 11 is 0. The van der Waals surface area contributed by atoms with Gasteiger partial charge in [0.2, 0.25) is 0 Å². The number of hydrogen-bond acceptors (Lipinski definition) is 1. The lowest BCUT2D eigenvalue weighted by atomic mass is 9.85. The predicted molar refractivity (Wildman–Crippen MR) is 210 cm³/mol. The van der Waals surface area contributed by atoms with Crippen LogP contribution in [0.4, 0.5) is 21.5 Å². The van der Waals surface area contributed by atoms with Crippen molar-refractivity contribution in [2.75, 3.05) is 4.90 Å². The predicted octanol–water partition coefficient (Wildman–Crippen LogP) is 13.8. The molecule has 0 aliphatic rings. The fraction of sp³-hybridized carbons (Fsp3) is 0. The Bertz CT molecular complexity index is 2580. The maximum Gasteiger partial charge on any atom is 0.147 e. The smallest absolute Gasteiger partial charge is 0.147 e. The minimum atomic E-state index is -0.273. The van der Waals surface area contributed by atoms with Gasteiger partial charge in [0, 0.05) is 11.4 Å². The minimum Gasteiger partial charge on any atom is -0.308 e. The highest BCUT2D eigenvalue weighted by Gasteiger charge is 2.20. The Labute approximate surface area is 291 Å². The van der Waals surface area contributed by atoms with Crippen LogP contribution in [0.3, 0.4) is 0 Å². The van der Waals surface area contributed by atoms with Gasteiger partial charge in [-0.3, -0.25) is 0 Å². The van der Waals surface area contributed by atoms with Crippen molar-refractivity contribution in [1.29, 1.82) is 0 Å². The Morgan fingerprint density at radius 2 is 0.780 bits per heavy atom. The van der Waals surface area contributed by atoms with Gasteiger partial charge in [0.1, 0.15) is 5.82 Å². The zero-order chi connectivity index (χ0) is 33.4. The molecule has 0 aliphatic carbocycles. The van der Waals surface area contributed by atoms with Crippen molar-refractivity contribution in [1.82, 2.24) is 0 Å². The second kappa shape index (κ2) is 12.5. The van der Waals surface area contributed by atoms with Gasteiger partial charge in [-0.2, -0.15) is 0 Å². The highest BCUT2D eigenvalue weighted by atomic mass is 19.1. The molecular weight excluding hydrogens is 610 g/mol. The van der Waals surface area contributed by atoms with E-state index in [2.05, 4.69) is 152 Å². The maximum atomic E-state index is 15.5. The highest BCUT2D eigenvalue weighted by molar-refractivity contribution is 6.23. The molecule has 0 radical (unpaired) electrons. The number of halogens is 1. The largest absolute Gasteiger partial charge is 0.308 e. The SMILES string of the molecule is Fc1ccccc1N(c1ccc(-c2ccccc2)cc1)c1ccc(-c2c3ccccc3c(-c3cccc4ccccc34)c3ccccc23)cc1. The number of nitrogens with zero attached hydrogens (tertiary/aromatic N) is 1. The van der Waals surface area contributed by atoms with Gasteiger partial charge in [0.15, 0.2) is 0 Å². The van der Waals surface area contributed by atoms with Crippen molar-refractivity contribution < 1.29 is 4.39 Å². The molecular formula is C48H32FN. The second-order valence-electron chi connectivity index (χ2n) is 12.6. The Kier molecular flexibility index (Phi) is 7.40. The van der Waals surface area contributed by atoms with Gasteiger partial charge in [-0.15, -0.1) is 0 Å². The molecule has 0 fully saturated rings. The summed E-state index contributed by atoms with van der Waals surface area (Å²) in [6.07, 6.45) is 0. The summed E-state index contributed by atoms with van der Waals surface area (Å²) in [5.41, 5.74) is 9.31. The molecule has 0 bridgehead atoms. The summed E-state index contributed by atoms with van der Waals surface area (Å²) in [5, 5.41) is 7.30. The van der Waals surface area contributed by atoms with Crippen LogP contribution in [0.1, 0.15) is 0 Å². The fourth-order valence-corrected chi connectivity index (χ4v) is 7.44. The van der Waals surface area contributed by atoms with Crippen LogP contribution in [0.25, 0.3) is 65.7 Å². The van der Waals surface area contributed by atoms with E-state index < -0.39 is 0 Å². The number of hydrogen-bond donors (Lipinski definition) is 0. The molecule has 236 valence electrons. The fourth-order valence-electron chi connectivity index (χ4n) is 7.44. The molecule has 9 rings (SSSR count). The lowest BCUT2D eigenvalue weighted by Crippen LogP contribution is -2.11. The molecule has 2 heteroatoms. The number of benzene rings is 9. The molecule has 0 saturated carbocycles. The van der Waals surface area contributed by atoms with Gasteiger partial charge in [-0.25, -0.2) is 4.39 Å². The summed E-state index contributed by atoms with van der Waals surface area (Å²) in [7, 11) is 0. The second-order valence-corrected chi connectivity index (χ2v) is 12.6. The zero-order valence-electron chi connectivity index (χ0n) is 27.3. The Hall–Kier alpha value is -6.51. The standard InChI is InChI=1S/C48H32FN/c49-45-23-10-11-24-46(45)50(37-29-25-34(26-30-37)33-13-2-1-3-14-33)38-31-27-36(28-32-38)47-41-18-6-8-20-43(41)48(44-21-9-7-19-42(44)47)40-22-12-16-35-15-4-5-17-39(35)40/h1-32H. The van der Waals surface area contributed by atoms with Crippen molar-refractivity contribution in [3.8, 4) is 33.4 Å². The van der Waals surface area contributed by atoms with Gasteiger partial charge >= 0.3 is 0 Å². The van der Waals surface area contributed by atoms with E-state index in [0.717, 1.165) is 28.1 Å². The van der Waals surface area contributed by atoms with E-state index in [-0.39, 0.29) is 5.82 Å². The third-order valence-electron chi connectivity index (χ3n) is 9.73. The van der Waals surface area contributed by atoms with Crippen LogP contribution < -0.4 is 4.90 Å². The average Bonchev–Trinajstić information content (AvgIpc) is 3.18. The first-order valence-electron chi connectivity index (χ1n) is 17.0. The molecule has 50 heavy (non-hydrogen) atoms. The zero-order valence-corrected chi connectivity index (χ0v) is 27.3. The normalized spacial score (nSPS) is 11.3. The van der Waals surface area contributed by atoms with Crippen LogP contribution in [0.5, 0.6) is 0 Å². The van der Waals surface area contributed by atoms with E-state index in [1.807, 2.05) is 35.2 Å². The first-order chi connectivity index (χ1) is 24.7. The number of para-hydroxylation sites is 1. The number of fused-ring (bicyclic) bond motifs is 3. The monoisotopic (exact) mass is 641 g/mol. The lowest BCUT2D eigenvalue weighted by Gasteiger charge is -2.26. The summed E-state index contributed by atoms with van der Waals surface area (Å²) in [6.45, 7) is 0. The molecule has 0 atom stereocenters.